The number of hydrogen-bond acceptors (Lipinski definition) is 4. The number of carboxylic acids is 1. The molecule has 90 valence electrons. The van der Waals surface area contributed by atoms with E-state index in [-0.39, 0.29) is 26.9 Å². The van der Waals surface area contributed by atoms with E-state index in [1.165, 1.54) is 0 Å². The van der Waals surface area contributed by atoms with Crippen molar-refractivity contribution in [2.24, 2.45) is 0 Å². The number of ether oxygens (including phenoxy) is 1. The number of rotatable bonds is 5. The number of carboxylic acid groups (broad SMARTS) is 1. The number of nitrogens with zero attached hydrogens (tertiary/aromatic N) is 2. The Labute approximate surface area is 110 Å². The summed E-state index contributed by atoms with van der Waals surface area (Å²) in [5, 5.41) is 9.08. The molecule has 0 saturated carbocycles. The maximum absolute atomic E-state index is 11.1. The molecule has 16 heavy (non-hydrogen) atoms. The predicted octanol–water partition coefficient (Wildman–Crippen LogP) is -3.16. The average Bonchev–Trinajstić information content (AvgIpc) is 2.21. The van der Waals surface area contributed by atoms with Gasteiger partial charge in [0.05, 0.1) is 6.61 Å². The summed E-state index contributed by atoms with van der Waals surface area (Å²) < 4.78 is 5.20. The molecule has 0 aromatic rings. The van der Waals surface area contributed by atoms with E-state index >= 15 is 0 Å². The summed E-state index contributed by atoms with van der Waals surface area (Å²) in [4.78, 5) is 15.2. The topological polar surface area (TPSA) is 53.0 Å². The van der Waals surface area contributed by atoms with E-state index < -0.39 is 12.0 Å². The minimum Gasteiger partial charge on any atom is -1.00 e. The molecule has 0 amide bonds. The SMILES string of the molecule is CCOC[C@H](C(=O)O)N1CCN(C)CC1.[H-].[Li+]. The first-order valence-corrected chi connectivity index (χ1v) is 5.38. The van der Waals surface area contributed by atoms with Gasteiger partial charge in [-0.15, -0.1) is 0 Å². The minimum atomic E-state index is -0.784. The van der Waals surface area contributed by atoms with Gasteiger partial charge in [0.1, 0.15) is 6.04 Å². The van der Waals surface area contributed by atoms with Crippen LogP contribution in [0.2, 0.25) is 0 Å². The molecule has 5 nitrogen and oxygen atoms in total. The fraction of sp³-hybridized carbons (Fsp3) is 0.900. The summed E-state index contributed by atoms with van der Waals surface area (Å²) in [5.74, 6) is -0.784. The van der Waals surface area contributed by atoms with Crippen LogP contribution in [0.25, 0.3) is 0 Å². The van der Waals surface area contributed by atoms with Gasteiger partial charge in [-0.25, -0.2) is 0 Å². The van der Waals surface area contributed by atoms with E-state index in [1.54, 1.807) is 0 Å². The van der Waals surface area contributed by atoms with E-state index in [2.05, 4.69) is 11.9 Å². The smallest absolute Gasteiger partial charge is 1.00 e. The van der Waals surface area contributed by atoms with Crippen LogP contribution < -0.4 is 18.9 Å². The van der Waals surface area contributed by atoms with Gasteiger partial charge in [0.15, 0.2) is 0 Å². The van der Waals surface area contributed by atoms with E-state index in [0.29, 0.717) is 6.61 Å². The number of likely N-dealkylation sites (N-methyl/N-ethyl adjacent to an activating group) is 1. The van der Waals surface area contributed by atoms with Crippen LogP contribution in [0.1, 0.15) is 8.35 Å². The third-order valence-corrected chi connectivity index (χ3v) is 2.74. The van der Waals surface area contributed by atoms with Crippen LogP contribution >= 0.6 is 0 Å². The second-order valence-corrected chi connectivity index (χ2v) is 3.85. The van der Waals surface area contributed by atoms with Crippen LogP contribution in [0, 0.1) is 0 Å². The van der Waals surface area contributed by atoms with E-state index in [1.807, 2.05) is 11.8 Å². The quantitative estimate of drug-likeness (QED) is 0.500. The van der Waals surface area contributed by atoms with Crippen LogP contribution in [0.15, 0.2) is 0 Å². The van der Waals surface area contributed by atoms with Crippen molar-refractivity contribution in [3.8, 4) is 0 Å². The Hall–Kier alpha value is -0.0526. The fourth-order valence-electron chi connectivity index (χ4n) is 1.70. The van der Waals surface area contributed by atoms with Crippen molar-refractivity contribution in [2.75, 3.05) is 46.4 Å². The average molecular weight is 224 g/mol. The van der Waals surface area contributed by atoms with Gasteiger partial charge in [-0.2, -0.15) is 0 Å². The van der Waals surface area contributed by atoms with E-state index in [4.69, 9.17) is 9.84 Å². The first-order chi connectivity index (χ1) is 7.15. The standard InChI is InChI=1S/C10H20N2O3.Li.H/c1-3-15-8-9(10(13)14)12-6-4-11(2)5-7-12;;/h9H,3-8H2,1-2H3,(H,13,14);;/q;+1;-1/t9-;;/m1../s1. The molecular weight excluding hydrogens is 203 g/mol. The zero-order chi connectivity index (χ0) is 11.3. The molecule has 6 heteroatoms. The van der Waals surface area contributed by atoms with Crippen LogP contribution in [0.5, 0.6) is 0 Å². The van der Waals surface area contributed by atoms with Crippen molar-refractivity contribution >= 4 is 5.97 Å². The van der Waals surface area contributed by atoms with Crippen LogP contribution in [0.4, 0.5) is 0 Å². The molecule has 1 rings (SSSR count). The molecule has 0 bridgehead atoms. The van der Waals surface area contributed by atoms with E-state index in [0.717, 1.165) is 26.2 Å². The van der Waals surface area contributed by atoms with Crippen LogP contribution in [-0.4, -0.2) is 73.4 Å². The number of carbonyl (C=O) groups is 1. The van der Waals surface area contributed by atoms with Crippen molar-refractivity contribution in [1.82, 2.24) is 9.80 Å². The Balaban J connectivity index is 0. The minimum absolute atomic E-state index is 0. The van der Waals surface area contributed by atoms with Gasteiger partial charge in [0.2, 0.25) is 0 Å². The van der Waals surface area contributed by atoms with Crippen LogP contribution in [-0.2, 0) is 9.53 Å². The molecule has 0 aromatic carbocycles. The van der Waals surface area contributed by atoms with Crippen LogP contribution in [0.3, 0.4) is 0 Å². The molecule has 1 N–H and O–H groups in total. The number of aliphatic carboxylic acids is 1. The molecule has 1 aliphatic heterocycles. The summed E-state index contributed by atoms with van der Waals surface area (Å²) in [7, 11) is 2.05. The second-order valence-electron chi connectivity index (χ2n) is 3.85. The zero-order valence-corrected chi connectivity index (χ0v) is 10.5. The van der Waals surface area contributed by atoms with Gasteiger partial charge in [-0.1, -0.05) is 0 Å². The Morgan fingerprint density at radius 2 is 2.00 bits per heavy atom. The van der Waals surface area contributed by atoms with Gasteiger partial charge in [-0.05, 0) is 14.0 Å². The Morgan fingerprint density at radius 1 is 1.44 bits per heavy atom. The monoisotopic (exact) mass is 224 g/mol. The van der Waals surface area contributed by atoms with Crippen molar-refractivity contribution < 1.29 is 34.9 Å². The Morgan fingerprint density at radius 3 is 2.44 bits per heavy atom. The molecule has 1 atom stereocenters. The molecule has 1 saturated heterocycles. The van der Waals surface area contributed by atoms with Crippen molar-refractivity contribution in [3.63, 3.8) is 0 Å². The third-order valence-electron chi connectivity index (χ3n) is 2.74. The summed E-state index contributed by atoms with van der Waals surface area (Å²) in [5.41, 5.74) is 0. The largest absolute Gasteiger partial charge is 1.00 e. The fourth-order valence-corrected chi connectivity index (χ4v) is 1.70. The molecule has 0 spiro atoms. The first-order valence-electron chi connectivity index (χ1n) is 5.38. The zero-order valence-electron chi connectivity index (χ0n) is 11.5. The van der Waals surface area contributed by atoms with Gasteiger partial charge < -0.3 is 16.2 Å². The molecule has 1 aliphatic rings. The molecule has 1 heterocycles. The predicted molar refractivity (Wildman–Crippen MR) is 58.1 cm³/mol. The maximum Gasteiger partial charge on any atom is 1.00 e. The first kappa shape index (κ1) is 15.9. The molecule has 0 aromatic heterocycles. The van der Waals surface area contributed by atoms with Crippen molar-refractivity contribution in [1.29, 1.82) is 0 Å². The summed E-state index contributed by atoms with van der Waals surface area (Å²) >= 11 is 0. The Kier molecular flexibility index (Phi) is 8.07. The molecule has 0 unspecified atom stereocenters. The van der Waals surface area contributed by atoms with Crippen molar-refractivity contribution in [3.05, 3.63) is 0 Å². The summed E-state index contributed by atoms with van der Waals surface area (Å²) in [6, 6.07) is -0.487. The third kappa shape index (κ3) is 4.85. The normalized spacial score (nSPS) is 20.1. The van der Waals surface area contributed by atoms with Gasteiger partial charge >= 0.3 is 24.8 Å². The molecule has 1 fully saturated rings. The molecular formula is C10H21LiN2O3. The number of piperazine rings is 1. The van der Waals surface area contributed by atoms with Gasteiger partial charge in [0.25, 0.3) is 0 Å². The molecule has 0 aliphatic carbocycles. The number of hydrogen-bond donors (Lipinski definition) is 1. The van der Waals surface area contributed by atoms with E-state index in [9.17, 15) is 4.79 Å². The molecule has 0 radical (unpaired) electrons. The summed E-state index contributed by atoms with van der Waals surface area (Å²) in [6.45, 7) is 6.20. The van der Waals surface area contributed by atoms with Crippen molar-refractivity contribution in [2.45, 2.75) is 13.0 Å². The second kappa shape index (κ2) is 8.10. The summed E-state index contributed by atoms with van der Waals surface area (Å²) in [6.07, 6.45) is 0. The van der Waals surface area contributed by atoms with Gasteiger partial charge in [-0.3, -0.25) is 9.69 Å². The Bertz CT molecular complexity index is 214. The van der Waals surface area contributed by atoms with Gasteiger partial charge in [0, 0.05) is 32.8 Å². The maximum atomic E-state index is 11.1.